The van der Waals surface area contributed by atoms with E-state index in [0.717, 1.165) is 24.5 Å². The second-order valence-electron chi connectivity index (χ2n) is 2.47. The summed E-state index contributed by atoms with van der Waals surface area (Å²) < 4.78 is 0. The molecule has 0 bridgehead atoms. The fourth-order valence-electron chi connectivity index (χ4n) is 0.870. The molecule has 0 unspecified atom stereocenters. The quantitative estimate of drug-likeness (QED) is 0.715. The Labute approximate surface area is 81.5 Å². The number of hydrogen-bond acceptors (Lipinski definition) is 4. The molecule has 3 N–H and O–H groups in total. The van der Waals surface area contributed by atoms with Crippen LogP contribution in [0.5, 0.6) is 0 Å². The maximum absolute atomic E-state index is 5.72. The maximum atomic E-state index is 5.72. The van der Waals surface area contributed by atoms with Crippen LogP contribution < -0.4 is 11.1 Å². The topological polar surface area (TPSA) is 38.0 Å². The van der Waals surface area contributed by atoms with E-state index in [1.54, 1.807) is 11.3 Å². The fourth-order valence-corrected chi connectivity index (χ4v) is 1.99. The van der Waals surface area contributed by atoms with Crippen molar-refractivity contribution in [2.75, 3.05) is 24.3 Å². The van der Waals surface area contributed by atoms with E-state index in [1.807, 2.05) is 23.2 Å². The van der Waals surface area contributed by atoms with E-state index in [1.165, 1.54) is 4.88 Å². The maximum Gasteiger partial charge on any atom is 0.0468 e. The largest absolute Gasteiger partial charge is 0.398 e. The monoisotopic (exact) mass is 202 g/mol. The number of nitrogens with one attached hydrogen (secondary N) is 1. The molecule has 12 heavy (non-hydrogen) atoms. The second-order valence-corrected chi connectivity index (χ2v) is 4.45. The zero-order valence-corrected chi connectivity index (χ0v) is 8.80. The molecule has 0 aliphatic carbocycles. The zero-order chi connectivity index (χ0) is 8.81. The van der Waals surface area contributed by atoms with Crippen LogP contribution in [0.1, 0.15) is 4.88 Å². The zero-order valence-electron chi connectivity index (χ0n) is 7.17. The second kappa shape index (κ2) is 5.45. The van der Waals surface area contributed by atoms with Crippen LogP contribution in [0.2, 0.25) is 0 Å². The van der Waals surface area contributed by atoms with Crippen LogP contribution in [0.4, 0.5) is 5.69 Å². The van der Waals surface area contributed by atoms with E-state index >= 15 is 0 Å². The Hall–Kier alpha value is -0.190. The molecule has 68 valence electrons. The summed E-state index contributed by atoms with van der Waals surface area (Å²) in [7, 11) is 0. The van der Waals surface area contributed by atoms with Crippen molar-refractivity contribution >= 4 is 28.8 Å². The normalized spacial score (nSPS) is 10.4. The first-order valence-corrected chi connectivity index (χ1v) is 6.13. The lowest BCUT2D eigenvalue weighted by Gasteiger charge is -2.01. The summed E-state index contributed by atoms with van der Waals surface area (Å²) in [6, 6.07) is 1.95. The van der Waals surface area contributed by atoms with Gasteiger partial charge in [-0.25, -0.2) is 0 Å². The van der Waals surface area contributed by atoms with Crippen molar-refractivity contribution in [2.24, 2.45) is 0 Å². The van der Waals surface area contributed by atoms with Crippen LogP contribution in [-0.4, -0.2) is 18.6 Å². The van der Waals surface area contributed by atoms with E-state index in [2.05, 4.69) is 11.6 Å². The molecule has 1 aromatic rings. The summed E-state index contributed by atoms with van der Waals surface area (Å²) >= 11 is 3.57. The summed E-state index contributed by atoms with van der Waals surface area (Å²) in [5, 5.41) is 5.37. The van der Waals surface area contributed by atoms with Crippen LogP contribution in [0.3, 0.4) is 0 Å². The predicted octanol–water partition coefficient (Wildman–Crippen LogP) is 1.78. The van der Waals surface area contributed by atoms with Crippen LogP contribution in [0, 0.1) is 0 Å². The molecule has 1 rings (SSSR count). The summed E-state index contributed by atoms with van der Waals surface area (Å²) in [5.74, 6) is 1.16. The van der Waals surface area contributed by atoms with Crippen LogP contribution in [-0.2, 0) is 6.54 Å². The van der Waals surface area contributed by atoms with Gasteiger partial charge in [0.2, 0.25) is 0 Å². The third-order valence-electron chi connectivity index (χ3n) is 1.55. The number of thiophene rings is 1. The van der Waals surface area contributed by atoms with E-state index in [-0.39, 0.29) is 0 Å². The van der Waals surface area contributed by atoms with Gasteiger partial charge in [-0.3, -0.25) is 0 Å². The van der Waals surface area contributed by atoms with Crippen LogP contribution in [0.15, 0.2) is 11.4 Å². The highest BCUT2D eigenvalue weighted by Gasteiger charge is 1.98. The minimum atomic E-state index is 0.907. The Balaban J connectivity index is 2.20. The van der Waals surface area contributed by atoms with Gasteiger partial charge in [0.05, 0.1) is 0 Å². The average Bonchev–Trinajstić information content (AvgIpc) is 2.46. The van der Waals surface area contributed by atoms with Gasteiger partial charge in [-0.15, -0.1) is 11.3 Å². The van der Waals surface area contributed by atoms with Crippen LogP contribution in [0.25, 0.3) is 0 Å². The van der Waals surface area contributed by atoms with Gasteiger partial charge in [0.15, 0.2) is 0 Å². The highest BCUT2D eigenvalue weighted by molar-refractivity contribution is 7.98. The van der Waals surface area contributed by atoms with Crippen molar-refractivity contribution in [1.82, 2.24) is 5.32 Å². The van der Waals surface area contributed by atoms with E-state index in [0.29, 0.717) is 0 Å². The predicted molar refractivity (Wildman–Crippen MR) is 58.8 cm³/mol. The van der Waals surface area contributed by atoms with E-state index in [4.69, 9.17) is 5.73 Å². The van der Waals surface area contributed by atoms with Crippen molar-refractivity contribution in [2.45, 2.75) is 6.54 Å². The van der Waals surface area contributed by atoms with Crippen molar-refractivity contribution in [3.8, 4) is 0 Å². The van der Waals surface area contributed by atoms with Gasteiger partial charge in [0.25, 0.3) is 0 Å². The first-order chi connectivity index (χ1) is 5.84. The molecule has 0 atom stereocenters. The summed E-state index contributed by atoms with van der Waals surface area (Å²) in [6.07, 6.45) is 2.11. The summed E-state index contributed by atoms with van der Waals surface area (Å²) in [4.78, 5) is 1.25. The minimum absolute atomic E-state index is 0.907. The smallest absolute Gasteiger partial charge is 0.0468 e. The molecule has 2 nitrogen and oxygen atoms in total. The molecule has 0 spiro atoms. The van der Waals surface area contributed by atoms with E-state index in [9.17, 15) is 0 Å². The SMILES string of the molecule is CSCCNCc1sccc1N. The van der Waals surface area contributed by atoms with Crippen LogP contribution >= 0.6 is 23.1 Å². The molecular formula is C8H14N2S2. The molecular weight excluding hydrogens is 188 g/mol. The van der Waals surface area contributed by atoms with Gasteiger partial charge >= 0.3 is 0 Å². The third kappa shape index (κ3) is 3.05. The molecule has 0 saturated carbocycles. The molecule has 0 saturated heterocycles. The molecule has 0 amide bonds. The van der Waals surface area contributed by atoms with Crippen molar-refractivity contribution in [3.05, 3.63) is 16.3 Å². The Kier molecular flexibility index (Phi) is 4.50. The number of nitrogen functional groups attached to an aromatic ring is 1. The standard InChI is InChI=1S/C8H14N2S2/c1-11-5-3-10-6-8-7(9)2-4-12-8/h2,4,10H,3,5-6,9H2,1H3. The van der Waals surface area contributed by atoms with Gasteiger partial charge in [0, 0.05) is 29.4 Å². The molecule has 0 radical (unpaired) electrons. The fraction of sp³-hybridized carbons (Fsp3) is 0.500. The number of nitrogens with two attached hydrogens (primary N) is 1. The molecule has 0 aromatic carbocycles. The lowest BCUT2D eigenvalue weighted by atomic mass is 10.4. The van der Waals surface area contributed by atoms with E-state index < -0.39 is 0 Å². The Morgan fingerprint density at radius 2 is 2.50 bits per heavy atom. The average molecular weight is 202 g/mol. The number of thioether (sulfide) groups is 1. The molecule has 0 aliphatic rings. The summed E-state index contributed by atoms with van der Waals surface area (Å²) in [6.45, 7) is 1.96. The molecule has 0 fully saturated rings. The van der Waals surface area contributed by atoms with Gasteiger partial charge in [-0.1, -0.05) is 0 Å². The highest BCUT2D eigenvalue weighted by atomic mass is 32.2. The van der Waals surface area contributed by atoms with Gasteiger partial charge in [-0.2, -0.15) is 11.8 Å². The molecule has 0 aliphatic heterocycles. The highest BCUT2D eigenvalue weighted by Crippen LogP contribution is 2.17. The number of anilines is 1. The van der Waals surface area contributed by atoms with Gasteiger partial charge < -0.3 is 11.1 Å². The Morgan fingerprint density at radius 3 is 3.08 bits per heavy atom. The van der Waals surface area contributed by atoms with Gasteiger partial charge in [0.1, 0.15) is 0 Å². The molecule has 4 heteroatoms. The number of hydrogen-bond donors (Lipinski definition) is 2. The molecule has 1 heterocycles. The van der Waals surface area contributed by atoms with Gasteiger partial charge in [-0.05, 0) is 17.7 Å². The lowest BCUT2D eigenvalue weighted by molar-refractivity contribution is 0.742. The Morgan fingerprint density at radius 1 is 1.67 bits per heavy atom. The number of rotatable bonds is 5. The minimum Gasteiger partial charge on any atom is -0.398 e. The van der Waals surface area contributed by atoms with Crippen molar-refractivity contribution in [1.29, 1.82) is 0 Å². The third-order valence-corrected chi connectivity index (χ3v) is 3.10. The Bertz CT molecular complexity index is 223. The van der Waals surface area contributed by atoms with Crippen molar-refractivity contribution < 1.29 is 0 Å². The molecule has 1 aromatic heterocycles. The van der Waals surface area contributed by atoms with Crippen molar-refractivity contribution in [3.63, 3.8) is 0 Å². The first kappa shape index (κ1) is 9.89. The summed E-state index contributed by atoms with van der Waals surface area (Å²) in [5.41, 5.74) is 6.63. The lowest BCUT2D eigenvalue weighted by Crippen LogP contribution is -2.16. The first-order valence-electron chi connectivity index (χ1n) is 3.86.